The Labute approximate surface area is 158 Å². The maximum Gasteiger partial charge on any atom is 0.273 e. The van der Waals surface area contributed by atoms with Gasteiger partial charge in [0.1, 0.15) is 5.69 Å². The Bertz CT molecular complexity index is 734. The van der Waals surface area contributed by atoms with Crippen molar-refractivity contribution in [1.29, 1.82) is 0 Å². The van der Waals surface area contributed by atoms with Gasteiger partial charge in [0.05, 0.1) is 17.7 Å². The van der Waals surface area contributed by atoms with Crippen molar-refractivity contribution in [2.24, 2.45) is 5.41 Å². The lowest BCUT2D eigenvalue weighted by Crippen LogP contribution is -2.56. The quantitative estimate of drug-likeness (QED) is 0.815. The highest BCUT2D eigenvalue weighted by Crippen LogP contribution is 2.34. The first-order chi connectivity index (χ1) is 12.6. The van der Waals surface area contributed by atoms with E-state index in [1.54, 1.807) is 4.90 Å². The van der Waals surface area contributed by atoms with E-state index in [2.05, 4.69) is 11.9 Å². The lowest BCUT2D eigenvalue weighted by molar-refractivity contribution is -0.0669. The first-order valence-electron chi connectivity index (χ1n) is 9.14. The van der Waals surface area contributed by atoms with E-state index < -0.39 is 11.5 Å². The SMILES string of the molecule is CCCc1nc(C(=O)N2CC[C@H](O)[C@](CO)(Cc3ccccc3)C2)cs1. The molecule has 1 aliphatic rings. The number of aliphatic hydroxyl groups excluding tert-OH is 2. The summed E-state index contributed by atoms with van der Waals surface area (Å²) in [6, 6.07) is 9.81. The standard InChI is InChI=1S/C20H26N2O3S/c1-2-6-18-21-16(12-26-18)19(25)22-10-9-17(24)20(13-22,14-23)11-15-7-4-3-5-8-15/h3-5,7-8,12,17,23-24H,2,6,9-11,13-14H2,1H3/t17-,20+/m0/s1. The van der Waals surface area contributed by atoms with Crippen molar-refractivity contribution < 1.29 is 15.0 Å². The van der Waals surface area contributed by atoms with E-state index in [9.17, 15) is 15.0 Å². The zero-order valence-corrected chi connectivity index (χ0v) is 15.9. The van der Waals surface area contributed by atoms with Crippen molar-refractivity contribution in [3.05, 3.63) is 52.0 Å². The predicted molar refractivity (Wildman–Crippen MR) is 102 cm³/mol. The van der Waals surface area contributed by atoms with Crippen LogP contribution in [0.4, 0.5) is 0 Å². The van der Waals surface area contributed by atoms with Crippen molar-refractivity contribution in [2.75, 3.05) is 19.7 Å². The molecule has 1 aliphatic heterocycles. The smallest absolute Gasteiger partial charge is 0.273 e. The number of amides is 1. The second-order valence-electron chi connectivity index (χ2n) is 7.09. The number of carbonyl (C=O) groups excluding carboxylic acids is 1. The summed E-state index contributed by atoms with van der Waals surface area (Å²) in [5.41, 5.74) is 0.785. The molecule has 0 unspecified atom stereocenters. The molecule has 0 spiro atoms. The molecule has 0 bridgehead atoms. The minimum Gasteiger partial charge on any atom is -0.396 e. The minimum atomic E-state index is -0.739. The number of rotatable bonds is 6. The van der Waals surface area contributed by atoms with Gasteiger partial charge in [-0.2, -0.15) is 0 Å². The summed E-state index contributed by atoms with van der Waals surface area (Å²) in [5.74, 6) is -0.110. The summed E-state index contributed by atoms with van der Waals surface area (Å²) in [7, 11) is 0. The van der Waals surface area contributed by atoms with E-state index in [0.717, 1.165) is 23.4 Å². The topological polar surface area (TPSA) is 73.7 Å². The molecule has 2 aromatic rings. The van der Waals surface area contributed by atoms with Gasteiger partial charge in [-0.3, -0.25) is 4.79 Å². The average molecular weight is 375 g/mol. The zero-order chi connectivity index (χ0) is 18.6. The van der Waals surface area contributed by atoms with E-state index in [4.69, 9.17) is 0 Å². The molecule has 0 radical (unpaired) electrons. The molecule has 2 heterocycles. The monoisotopic (exact) mass is 374 g/mol. The number of aliphatic hydroxyl groups is 2. The molecule has 3 rings (SSSR count). The Hall–Kier alpha value is -1.76. The maximum atomic E-state index is 12.9. The summed E-state index contributed by atoms with van der Waals surface area (Å²) < 4.78 is 0. The first kappa shape index (κ1) is 19.0. The van der Waals surface area contributed by atoms with Crippen LogP contribution in [0.3, 0.4) is 0 Å². The summed E-state index contributed by atoms with van der Waals surface area (Å²) in [6.07, 6.45) is 2.24. The summed E-state index contributed by atoms with van der Waals surface area (Å²) in [6.45, 7) is 2.75. The number of thiazole rings is 1. The van der Waals surface area contributed by atoms with E-state index in [-0.39, 0.29) is 12.5 Å². The van der Waals surface area contributed by atoms with Gasteiger partial charge in [0.25, 0.3) is 5.91 Å². The Kier molecular flexibility index (Phi) is 6.06. The average Bonchev–Trinajstić information content (AvgIpc) is 3.13. The first-order valence-corrected chi connectivity index (χ1v) is 10.0. The number of piperidine rings is 1. The molecule has 1 aromatic heterocycles. The molecule has 140 valence electrons. The Balaban J connectivity index is 1.78. The van der Waals surface area contributed by atoms with Crippen LogP contribution in [0, 0.1) is 5.41 Å². The number of carbonyl (C=O) groups is 1. The molecule has 5 nitrogen and oxygen atoms in total. The minimum absolute atomic E-state index is 0.110. The fourth-order valence-electron chi connectivity index (χ4n) is 3.61. The van der Waals surface area contributed by atoms with Crippen molar-refractivity contribution in [3.63, 3.8) is 0 Å². The van der Waals surface area contributed by atoms with E-state index in [1.165, 1.54) is 11.3 Å². The molecule has 26 heavy (non-hydrogen) atoms. The van der Waals surface area contributed by atoms with Crippen LogP contribution in [0.5, 0.6) is 0 Å². The Morgan fingerprint density at radius 2 is 2.15 bits per heavy atom. The number of hydrogen-bond donors (Lipinski definition) is 2. The number of aromatic nitrogens is 1. The van der Waals surface area contributed by atoms with Gasteiger partial charge in [-0.1, -0.05) is 37.3 Å². The Morgan fingerprint density at radius 3 is 2.85 bits per heavy atom. The van der Waals surface area contributed by atoms with Gasteiger partial charge in [-0.25, -0.2) is 4.98 Å². The van der Waals surface area contributed by atoms with Gasteiger partial charge in [0, 0.05) is 23.9 Å². The molecular formula is C20H26N2O3S. The lowest BCUT2D eigenvalue weighted by Gasteiger charge is -2.45. The molecule has 6 heteroatoms. The van der Waals surface area contributed by atoms with Crippen molar-refractivity contribution in [2.45, 2.75) is 38.7 Å². The second kappa shape index (κ2) is 8.29. The van der Waals surface area contributed by atoms with Crippen LogP contribution < -0.4 is 0 Å². The molecule has 0 saturated carbocycles. The van der Waals surface area contributed by atoms with Crippen molar-refractivity contribution in [1.82, 2.24) is 9.88 Å². The van der Waals surface area contributed by atoms with Gasteiger partial charge in [-0.15, -0.1) is 11.3 Å². The van der Waals surface area contributed by atoms with Crippen LogP contribution in [0.25, 0.3) is 0 Å². The zero-order valence-electron chi connectivity index (χ0n) is 15.1. The Morgan fingerprint density at radius 1 is 1.38 bits per heavy atom. The fraction of sp³-hybridized carbons (Fsp3) is 0.500. The largest absolute Gasteiger partial charge is 0.396 e. The van der Waals surface area contributed by atoms with Gasteiger partial charge >= 0.3 is 0 Å². The molecule has 1 amide bonds. The number of hydrogen-bond acceptors (Lipinski definition) is 5. The van der Waals surface area contributed by atoms with Crippen LogP contribution in [-0.2, 0) is 12.8 Å². The molecule has 1 saturated heterocycles. The van der Waals surface area contributed by atoms with Crippen LogP contribution in [-0.4, -0.2) is 51.8 Å². The highest BCUT2D eigenvalue weighted by Gasteiger charge is 2.44. The maximum absolute atomic E-state index is 12.9. The molecule has 2 atom stereocenters. The molecular weight excluding hydrogens is 348 g/mol. The molecule has 0 aliphatic carbocycles. The van der Waals surface area contributed by atoms with Crippen LogP contribution in [0.1, 0.15) is 40.8 Å². The summed E-state index contributed by atoms with van der Waals surface area (Å²) >= 11 is 1.52. The van der Waals surface area contributed by atoms with Gasteiger partial charge in [0.15, 0.2) is 0 Å². The van der Waals surface area contributed by atoms with Crippen LogP contribution in [0.15, 0.2) is 35.7 Å². The van der Waals surface area contributed by atoms with Gasteiger partial charge < -0.3 is 15.1 Å². The number of likely N-dealkylation sites (tertiary alicyclic amines) is 1. The van der Waals surface area contributed by atoms with E-state index in [1.807, 2.05) is 35.7 Å². The van der Waals surface area contributed by atoms with Crippen LogP contribution >= 0.6 is 11.3 Å². The summed E-state index contributed by atoms with van der Waals surface area (Å²) in [5, 5.41) is 23.5. The van der Waals surface area contributed by atoms with Crippen molar-refractivity contribution in [3.8, 4) is 0 Å². The lowest BCUT2D eigenvalue weighted by atomic mass is 9.73. The fourth-order valence-corrected chi connectivity index (χ4v) is 4.48. The highest BCUT2D eigenvalue weighted by atomic mass is 32.1. The van der Waals surface area contributed by atoms with E-state index in [0.29, 0.717) is 31.6 Å². The van der Waals surface area contributed by atoms with Crippen molar-refractivity contribution >= 4 is 17.2 Å². The summed E-state index contributed by atoms with van der Waals surface area (Å²) in [4.78, 5) is 19.1. The van der Waals surface area contributed by atoms with E-state index >= 15 is 0 Å². The number of aryl methyl sites for hydroxylation is 1. The third-order valence-corrected chi connectivity index (χ3v) is 6.03. The predicted octanol–water partition coefficient (Wildman–Crippen LogP) is 2.52. The number of benzene rings is 1. The second-order valence-corrected chi connectivity index (χ2v) is 8.03. The number of nitrogens with zero attached hydrogens (tertiary/aromatic N) is 2. The molecule has 1 fully saturated rings. The van der Waals surface area contributed by atoms with Gasteiger partial charge in [0.2, 0.25) is 0 Å². The van der Waals surface area contributed by atoms with Gasteiger partial charge in [-0.05, 0) is 31.2 Å². The molecule has 1 aromatic carbocycles. The third kappa shape index (κ3) is 3.98. The van der Waals surface area contributed by atoms with Crippen LogP contribution in [0.2, 0.25) is 0 Å². The molecule has 2 N–H and O–H groups in total. The third-order valence-electron chi connectivity index (χ3n) is 5.12. The highest BCUT2D eigenvalue weighted by molar-refractivity contribution is 7.09. The normalized spacial score (nSPS) is 23.2.